The van der Waals surface area contributed by atoms with E-state index in [0.717, 1.165) is 22.4 Å². The predicted octanol–water partition coefficient (Wildman–Crippen LogP) is 4.27. The average Bonchev–Trinajstić information content (AvgIpc) is 2.98. The van der Waals surface area contributed by atoms with Crippen molar-refractivity contribution in [1.29, 1.82) is 0 Å². The highest BCUT2D eigenvalue weighted by Gasteiger charge is 2.32. The molecule has 0 N–H and O–H groups in total. The second-order valence-corrected chi connectivity index (χ2v) is 8.28. The maximum atomic E-state index is 13.7. The second-order valence-electron chi connectivity index (χ2n) is 8.28. The standard InChI is InChI=1S/C27H27FN2O3/c1-29-14-15-30(27(32)20-9-7-10-22(28)17-20)18-21(26(29)31)16-19-8-3-4-11-23(19)24-12-5-6-13-25(24)33-2/h3-13,17,21H,14-16,18H2,1-2H3/t21-/m1/s1. The summed E-state index contributed by atoms with van der Waals surface area (Å²) in [5.41, 5.74) is 3.25. The molecule has 0 spiro atoms. The van der Waals surface area contributed by atoms with Gasteiger partial charge in [-0.2, -0.15) is 0 Å². The molecule has 0 saturated carbocycles. The highest BCUT2D eigenvalue weighted by atomic mass is 19.1. The Morgan fingerprint density at radius 2 is 1.73 bits per heavy atom. The smallest absolute Gasteiger partial charge is 0.254 e. The number of carbonyl (C=O) groups excluding carboxylic acids is 2. The minimum Gasteiger partial charge on any atom is -0.496 e. The van der Waals surface area contributed by atoms with Crippen LogP contribution >= 0.6 is 0 Å². The third-order valence-corrected chi connectivity index (χ3v) is 6.11. The first-order valence-electron chi connectivity index (χ1n) is 11.0. The number of nitrogens with zero attached hydrogens (tertiary/aromatic N) is 2. The Bertz CT molecular complexity index is 1160. The molecule has 1 atom stereocenters. The Morgan fingerprint density at radius 1 is 1.00 bits per heavy atom. The van der Waals surface area contributed by atoms with E-state index in [1.54, 1.807) is 30.0 Å². The van der Waals surface area contributed by atoms with Crippen molar-refractivity contribution in [3.8, 4) is 16.9 Å². The number of hydrogen-bond donors (Lipinski definition) is 0. The van der Waals surface area contributed by atoms with Gasteiger partial charge in [0.2, 0.25) is 5.91 Å². The Balaban J connectivity index is 1.64. The fourth-order valence-corrected chi connectivity index (χ4v) is 4.36. The molecule has 1 aliphatic rings. The number of methoxy groups -OCH3 is 1. The van der Waals surface area contributed by atoms with Crippen LogP contribution in [0.4, 0.5) is 4.39 Å². The summed E-state index contributed by atoms with van der Waals surface area (Å²) in [6, 6.07) is 21.4. The SMILES string of the molecule is COc1ccccc1-c1ccccc1C[C@@H]1CN(C(=O)c2cccc(F)c2)CCN(C)C1=O. The van der Waals surface area contributed by atoms with E-state index in [9.17, 15) is 14.0 Å². The summed E-state index contributed by atoms with van der Waals surface area (Å²) in [5, 5.41) is 0. The maximum absolute atomic E-state index is 13.7. The first kappa shape index (κ1) is 22.5. The number of rotatable bonds is 5. The van der Waals surface area contributed by atoms with E-state index in [1.807, 2.05) is 48.5 Å². The highest BCUT2D eigenvalue weighted by Crippen LogP contribution is 2.33. The summed E-state index contributed by atoms with van der Waals surface area (Å²) in [6.07, 6.45) is 0.477. The Labute approximate surface area is 193 Å². The first-order valence-corrected chi connectivity index (χ1v) is 11.0. The molecule has 1 saturated heterocycles. The zero-order chi connectivity index (χ0) is 23.4. The van der Waals surface area contributed by atoms with E-state index in [-0.39, 0.29) is 18.4 Å². The van der Waals surface area contributed by atoms with Gasteiger partial charge in [0.1, 0.15) is 11.6 Å². The molecule has 0 aliphatic carbocycles. The van der Waals surface area contributed by atoms with Crippen LogP contribution in [0.25, 0.3) is 11.1 Å². The van der Waals surface area contributed by atoms with Crippen molar-refractivity contribution in [1.82, 2.24) is 9.80 Å². The number of hydrogen-bond acceptors (Lipinski definition) is 3. The second kappa shape index (κ2) is 9.86. The van der Waals surface area contributed by atoms with E-state index in [4.69, 9.17) is 4.74 Å². The summed E-state index contributed by atoms with van der Waals surface area (Å²) < 4.78 is 19.2. The summed E-state index contributed by atoms with van der Waals surface area (Å²) in [6.45, 7) is 1.12. The van der Waals surface area contributed by atoms with Crippen molar-refractivity contribution in [3.05, 3.63) is 89.7 Å². The van der Waals surface area contributed by atoms with Gasteiger partial charge in [0.05, 0.1) is 13.0 Å². The van der Waals surface area contributed by atoms with Crippen LogP contribution in [0.3, 0.4) is 0 Å². The van der Waals surface area contributed by atoms with Crippen molar-refractivity contribution in [2.75, 3.05) is 33.8 Å². The molecule has 170 valence electrons. The third-order valence-electron chi connectivity index (χ3n) is 6.11. The Morgan fingerprint density at radius 3 is 2.48 bits per heavy atom. The summed E-state index contributed by atoms with van der Waals surface area (Å²) in [5.74, 6) is -0.367. The van der Waals surface area contributed by atoms with Crippen LogP contribution in [0.5, 0.6) is 5.75 Å². The molecule has 3 aromatic rings. The third kappa shape index (κ3) is 4.90. The fraction of sp³-hybridized carbons (Fsp3) is 0.259. The van der Waals surface area contributed by atoms with Crippen LogP contribution in [0.2, 0.25) is 0 Å². The van der Waals surface area contributed by atoms with Crippen LogP contribution in [0.1, 0.15) is 15.9 Å². The lowest BCUT2D eigenvalue weighted by molar-refractivity contribution is -0.133. The van der Waals surface area contributed by atoms with Gasteiger partial charge in [-0.1, -0.05) is 48.5 Å². The molecule has 2 amide bonds. The monoisotopic (exact) mass is 446 g/mol. The van der Waals surface area contributed by atoms with Gasteiger partial charge < -0.3 is 14.5 Å². The molecule has 3 aromatic carbocycles. The Hall–Kier alpha value is -3.67. The van der Waals surface area contributed by atoms with Crippen LogP contribution in [0.15, 0.2) is 72.8 Å². The lowest BCUT2D eigenvalue weighted by Crippen LogP contribution is -2.37. The van der Waals surface area contributed by atoms with Gasteiger partial charge in [-0.15, -0.1) is 0 Å². The van der Waals surface area contributed by atoms with Crippen LogP contribution in [-0.2, 0) is 11.2 Å². The summed E-state index contributed by atoms with van der Waals surface area (Å²) in [7, 11) is 3.40. The molecule has 33 heavy (non-hydrogen) atoms. The highest BCUT2D eigenvalue weighted by molar-refractivity contribution is 5.95. The van der Waals surface area contributed by atoms with Gasteiger partial charge in [-0.25, -0.2) is 4.39 Å². The molecule has 6 heteroatoms. The lowest BCUT2D eigenvalue weighted by atomic mass is 9.91. The van der Waals surface area contributed by atoms with Crippen molar-refractivity contribution < 1.29 is 18.7 Å². The molecule has 0 aromatic heterocycles. The molecule has 5 nitrogen and oxygen atoms in total. The number of carbonyl (C=O) groups is 2. The van der Waals surface area contributed by atoms with Crippen molar-refractivity contribution in [2.24, 2.45) is 5.92 Å². The van der Waals surface area contributed by atoms with Crippen molar-refractivity contribution in [3.63, 3.8) is 0 Å². The molecule has 4 rings (SSSR count). The fourth-order valence-electron chi connectivity index (χ4n) is 4.36. The van der Waals surface area contributed by atoms with Gasteiger partial charge in [0.15, 0.2) is 0 Å². The number of likely N-dealkylation sites (N-methyl/N-ethyl adjacent to an activating group) is 1. The predicted molar refractivity (Wildman–Crippen MR) is 126 cm³/mol. The average molecular weight is 447 g/mol. The van der Waals surface area contributed by atoms with E-state index in [0.29, 0.717) is 25.1 Å². The lowest BCUT2D eigenvalue weighted by Gasteiger charge is -2.24. The molecule has 0 unspecified atom stereocenters. The first-order chi connectivity index (χ1) is 16.0. The van der Waals surface area contributed by atoms with E-state index >= 15 is 0 Å². The normalized spacial score (nSPS) is 16.5. The van der Waals surface area contributed by atoms with Crippen LogP contribution in [-0.4, -0.2) is 55.4 Å². The molecular weight excluding hydrogens is 419 g/mol. The number of benzene rings is 3. The zero-order valence-electron chi connectivity index (χ0n) is 18.8. The van der Waals surface area contributed by atoms with Crippen molar-refractivity contribution >= 4 is 11.8 Å². The van der Waals surface area contributed by atoms with E-state index in [2.05, 4.69) is 0 Å². The number of halogens is 1. The number of para-hydroxylation sites is 1. The van der Waals surface area contributed by atoms with E-state index < -0.39 is 11.7 Å². The largest absolute Gasteiger partial charge is 0.496 e. The molecule has 1 aliphatic heterocycles. The van der Waals surface area contributed by atoms with Gasteiger partial charge in [-0.05, 0) is 41.8 Å². The summed E-state index contributed by atoms with van der Waals surface area (Å²) >= 11 is 0. The van der Waals surface area contributed by atoms with Gasteiger partial charge in [0.25, 0.3) is 5.91 Å². The minimum atomic E-state index is -0.453. The summed E-state index contributed by atoms with van der Waals surface area (Å²) in [4.78, 5) is 29.6. The van der Waals surface area contributed by atoms with E-state index in [1.165, 1.54) is 18.2 Å². The molecule has 0 radical (unpaired) electrons. The topological polar surface area (TPSA) is 49.9 Å². The molecular formula is C27H27FN2O3. The minimum absolute atomic E-state index is 0.000582. The van der Waals surface area contributed by atoms with Gasteiger partial charge >= 0.3 is 0 Å². The van der Waals surface area contributed by atoms with Crippen molar-refractivity contribution in [2.45, 2.75) is 6.42 Å². The zero-order valence-corrected chi connectivity index (χ0v) is 18.8. The molecule has 0 bridgehead atoms. The van der Waals surface area contributed by atoms with Gasteiger partial charge in [-0.3, -0.25) is 9.59 Å². The van der Waals surface area contributed by atoms with Crippen LogP contribution in [0, 0.1) is 11.7 Å². The molecule has 1 heterocycles. The van der Waals surface area contributed by atoms with Crippen LogP contribution < -0.4 is 4.74 Å². The van der Waals surface area contributed by atoms with Gasteiger partial charge in [0, 0.05) is 37.8 Å². The molecule has 1 fully saturated rings. The number of amides is 2. The Kier molecular flexibility index (Phi) is 6.73. The maximum Gasteiger partial charge on any atom is 0.254 e. The number of ether oxygens (including phenoxy) is 1. The quantitative estimate of drug-likeness (QED) is 0.588.